The van der Waals surface area contributed by atoms with Gasteiger partial charge in [0.25, 0.3) is 0 Å². The van der Waals surface area contributed by atoms with E-state index < -0.39 is 0 Å². The maximum absolute atomic E-state index is 11.6. The largest absolute Gasteiger partial charge is 0.497 e. The third-order valence-corrected chi connectivity index (χ3v) is 2.69. The Hall–Kier alpha value is -1.77. The predicted molar refractivity (Wildman–Crippen MR) is 68.2 cm³/mol. The minimum absolute atomic E-state index is 0.178. The van der Waals surface area contributed by atoms with Gasteiger partial charge >= 0.3 is 0 Å². The predicted octanol–water partition coefficient (Wildman–Crippen LogP) is 2.08. The number of rotatable bonds is 3. The fraction of sp³-hybridized carbons (Fsp3) is 0.154. The molecule has 2 rings (SSSR count). The number of hydrogen-bond donors (Lipinski definition) is 0. The van der Waals surface area contributed by atoms with E-state index in [1.807, 2.05) is 44.2 Å². The van der Waals surface area contributed by atoms with Crippen molar-refractivity contribution in [3.8, 4) is 5.75 Å². The average molecular weight is 212 g/mol. The summed E-state index contributed by atoms with van der Waals surface area (Å²) >= 11 is 0. The highest BCUT2D eigenvalue weighted by atomic mass is 16.5. The number of Topliss-reactive ketones (excluding diaryl/α,β-unsaturated/α-hetero) is 1. The van der Waals surface area contributed by atoms with Crippen molar-refractivity contribution >= 4 is 24.4 Å². The van der Waals surface area contributed by atoms with Gasteiger partial charge in [-0.2, -0.15) is 0 Å². The molecule has 0 fully saturated rings. The zero-order valence-corrected chi connectivity index (χ0v) is 9.49. The Balaban J connectivity index is 2.51. The summed E-state index contributed by atoms with van der Waals surface area (Å²) in [6, 6.07) is 11.6. The molecule has 80 valence electrons. The Kier molecular flexibility index (Phi) is 2.95. The van der Waals surface area contributed by atoms with Gasteiger partial charge in [0.1, 0.15) is 13.6 Å². The molecule has 0 aliphatic rings. The molecule has 0 unspecified atom stereocenters. The van der Waals surface area contributed by atoms with Gasteiger partial charge in [-0.1, -0.05) is 18.2 Å². The lowest BCUT2D eigenvalue weighted by Gasteiger charge is -2.04. The summed E-state index contributed by atoms with van der Waals surface area (Å²) in [5.41, 5.74) is 0.778. The second kappa shape index (κ2) is 4.39. The van der Waals surface area contributed by atoms with Crippen LogP contribution in [0.15, 0.2) is 36.4 Å². The number of ether oxygens (including phenoxy) is 1. The molecule has 2 nitrogen and oxygen atoms in total. The van der Waals surface area contributed by atoms with Gasteiger partial charge in [0.15, 0.2) is 5.78 Å². The van der Waals surface area contributed by atoms with E-state index >= 15 is 0 Å². The Bertz CT molecular complexity index is 534. The fourth-order valence-corrected chi connectivity index (χ4v) is 1.73. The first kappa shape index (κ1) is 10.7. The fourth-order valence-electron chi connectivity index (χ4n) is 1.73. The van der Waals surface area contributed by atoms with Crippen LogP contribution in [-0.4, -0.2) is 20.7 Å². The SMILES string of the molecule is BCC(=O)c1ccc2cc(OC)ccc2c1. The van der Waals surface area contributed by atoms with Crippen LogP contribution in [0.5, 0.6) is 5.75 Å². The van der Waals surface area contributed by atoms with Crippen LogP contribution in [0.3, 0.4) is 0 Å². The first-order chi connectivity index (χ1) is 7.74. The van der Waals surface area contributed by atoms with Gasteiger partial charge in [-0.05, 0) is 35.3 Å². The van der Waals surface area contributed by atoms with Crippen LogP contribution in [0.4, 0.5) is 0 Å². The lowest BCUT2D eigenvalue weighted by molar-refractivity contribution is 0.101. The monoisotopic (exact) mass is 212 g/mol. The third kappa shape index (κ3) is 1.94. The molecule has 0 atom stereocenters. The highest BCUT2D eigenvalue weighted by molar-refractivity contribution is 6.24. The van der Waals surface area contributed by atoms with Crippen molar-refractivity contribution in [3.05, 3.63) is 42.0 Å². The van der Waals surface area contributed by atoms with Crippen LogP contribution in [0.2, 0.25) is 6.32 Å². The van der Waals surface area contributed by atoms with E-state index in [1.54, 1.807) is 7.11 Å². The first-order valence-corrected chi connectivity index (χ1v) is 5.35. The summed E-state index contributed by atoms with van der Waals surface area (Å²) in [5.74, 6) is 1.01. The molecule has 16 heavy (non-hydrogen) atoms. The minimum atomic E-state index is 0.178. The van der Waals surface area contributed by atoms with Crippen molar-refractivity contribution in [2.75, 3.05) is 7.11 Å². The van der Waals surface area contributed by atoms with Crippen molar-refractivity contribution in [1.29, 1.82) is 0 Å². The molecule has 0 saturated heterocycles. The van der Waals surface area contributed by atoms with Crippen molar-refractivity contribution in [2.45, 2.75) is 6.32 Å². The summed E-state index contributed by atoms with van der Waals surface area (Å²) in [6.45, 7) is 0. The van der Waals surface area contributed by atoms with Crippen LogP contribution in [0.1, 0.15) is 10.4 Å². The van der Waals surface area contributed by atoms with Gasteiger partial charge < -0.3 is 4.74 Å². The standard InChI is InChI=1S/C13H13BO2/c1-16-12-5-4-9-6-11(13(15)8-14)3-2-10(9)7-12/h2-7H,8,14H2,1H3. The smallest absolute Gasteiger partial charge is 0.155 e. The summed E-state index contributed by atoms with van der Waals surface area (Å²) in [7, 11) is 3.52. The van der Waals surface area contributed by atoms with Crippen molar-refractivity contribution in [1.82, 2.24) is 0 Å². The van der Waals surface area contributed by atoms with Gasteiger partial charge in [0.2, 0.25) is 0 Å². The van der Waals surface area contributed by atoms with Gasteiger partial charge in [0.05, 0.1) is 7.11 Å². The third-order valence-electron chi connectivity index (χ3n) is 2.69. The van der Waals surface area contributed by atoms with E-state index in [0.29, 0.717) is 6.32 Å². The van der Waals surface area contributed by atoms with Crippen LogP contribution in [-0.2, 0) is 0 Å². The van der Waals surface area contributed by atoms with E-state index in [9.17, 15) is 4.79 Å². The summed E-state index contributed by atoms with van der Waals surface area (Å²) < 4.78 is 5.15. The lowest BCUT2D eigenvalue weighted by atomic mass is 9.94. The highest BCUT2D eigenvalue weighted by Gasteiger charge is 2.04. The number of fused-ring (bicyclic) bond motifs is 1. The molecule has 0 heterocycles. The second-order valence-corrected chi connectivity index (χ2v) is 3.70. The summed E-state index contributed by atoms with van der Waals surface area (Å²) in [6.07, 6.45) is 0.543. The normalized spacial score (nSPS) is 10.3. The van der Waals surface area contributed by atoms with Gasteiger partial charge in [0, 0.05) is 5.56 Å². The zero-order chi connectivity index (χ0) is 11.5. The molecule has 3 heteroatoms. The van der Waals surface area contributed by atoms with Crippen LogP contribution in [0, 0.1) is 0 Å². The summed E-state index contributed by atoms with van der Waals surface area (Å²) in [4.78, 5) is 11.6. The topological polar surface area (TPSA) is 26.3 Å². The zero-order valence-electron chi connectivity index (χ0n) is 9.49. The van der Waals surface area contributed by atoms with Gasteiger partial charge in [-0.3, -0.25) is 4.79 Å². The lowest BCUT2D eigenvalue weighted by Crippen LogP contribution is -1.96. The Morgan fingerprint density at radius 1 is 1.19 bits per heavy atom. The average Bonchev–Trinajstić information content (AvgIpc) is 2.36. The molecule has 0 N–H and O–H groups in total. The van der Waals surface area contributed by atoms with Gasteiger partial charge in [-0.15, -0.1) is 0 Å². The molecule has 0 aromatic heterocycles. The molecule has 2 aromatic rings. The van der Waals surface area contributed by atoms with Crippen molar-refractivity contribution in [3.63, 3.8) is 0 Å². The Morgan fingerprint density at radius 3 is 2.56 bits per heavy atom. The van der Waals surface area contributed by atoms with E-state index in [2.05, 4.69) is 0 Å². The maximum Gasteiger partial charge on any atom is 0.155 e. The van der Waals surface area contributed by atoms with Crippen molar-refractivity contribution < 1.29 is 9.53 Å². The Labute approximate surface area is 95.6 Å². The maximum atomic E-state index is 11.6. The highest BCUT2D eigenvalue weighted by Crippen LogP contribution is 2.22. The quantitative estimate of drug-likeness (QED) is 0.575. The molecular weight excluding hydrogens is 199 g/mol. The van der Waals surface area contributed by atoms with Crippen molar-refractivity contribution in [2.24, 2.45) is 0 Å². The van der Waals surface area contributed by atoms with E-state index in [0.717, 1.165) is 22.1 Å². The molecule has 0 aliphatic heterocycles. The molecular formula is C13H13BO2. The van der Waals surface area contributed by atoms with Crippen LogP contribution >= 0.6 is 0 Å². The number of hydrogen-bond acceptors (Lipinski definition) is 2. The second-order valence-electron chi connectivity index (χ2n) is 3.70. The van der Waals surface area contributed by atoms with Crippen LogP contribution < -0.4 is 4.74 Å². The Morgan fingerprint density at radius 2 is 1.88 bits per heavy atom. The number of carbonyl (C=O) groups is 1. The van der Waals surface area contributed by atoms with E-state index in [1.165, 1.54) is 0 Å². The molecule has 0 amide bonds. The minimum Gasteiger partial charge on any atom is -0.497 e. The molecule has 0 radical (unpaired) electrons. The first-order valence-electron chi connectivity index (χ1n) is 5.35. The number of carbonyl (C=O) groups excluding carboxylic acids is 1. The molecule has 0 saturated carbocycles. The molecule has 0 aliphatic carbocycles. The van der Waals surface area contributed by atoms with E-state index in [-0.39, 0.29) is 5.78 Å². The molecule has 0 spiro atoms. The van der Waals surface area contributed by atoms with E-state index in [4.69, 9.17) is 4.74 Å². The number of benzene rings is 2. The number of methoxy groups -OCH3 is 1. The summed E-state index contributed by atoms with van der Waals surface area (Å²) in [5, 5.41) is 2.16. The molecule has 0 bridgehead atoms. The van der Waals surface area contributed by atoms with Crippen LogP contribution in [0.25, 0.3) is 10.8 Å². The molecule has 2 aromatic carbocycles. The number of ketones is 1. The van der Waals surface area contributed by atoms with Gasteiger partial charge in [-0.25, -0.2) is 0 Å².